The van der Waals surface area contributed by atoms with Gasteiger partial charge in [0.15, 0.2) is 0 Å². The molecule has 0 saturated heterocycles. The first kappa shape index (κ1) is 24.4. The van der Waals surface area contributed by atoms with E-state index in [0.717, 1.165) is 12.2 Å². The van der Waals surface area contributed by atoms with E-state index in [1.807, 2.05) is 0 Å². The minimum absolute atomic E-state index is 0.633. The normalized spacial score (nSPS) is 16.9. The lowest BCUT2D eigenvalue weighted by atomic mass is 9.81. The van der Waals surface area contributed by atoms with Gasteiger partial charge in [-0.2, -0.15) is 0 Å². The molecule has 160 valence electrons. The average Bonchev–Trinajstić information content (AvgIpc) is 2.68. The Morgan fingerprint density at radius 3 is 2.39 bits per heavy atom. The molecule has 0 heterocycles. The summed E-state index contributed by atoms with van der Waals surface area (Å²) in [5.41, 5.74) is 2.94. The molecule has 0 amide bonds. The minimum Gasteiger partial charge on any atom is -0.493 e. The van der Waals surface area contributed by atoms with Crippen LogP contribution in [0.2, 0.25) is 6.04 Å². The molecule has 1 unspecified atom stereocenters. The summed E-state index contributed by atoms with van der Waals surface area (Å²) in [5, 5.41) is 0. The molecule has 1 aliphatic carbocycles. The van der Waals surface area contributed by atoms with E-state index in [9.17, 15) is 0 Å². The SMILES string of the molecule is CCCCC(CCC)c1ccc(OCCC[Si](Cl)(Cl)Cl)c(C2CCCCC2)c1. The van der Waals surface area contributed by atoms with Crippen LogP contribution >= 0.6 is 33.2 Å². The van der Waals surface area contributed by atoms with Gasteiger partial charge in [-0.3, -0.25) is 0 Å². The van der Waals surface area contributed by atoms with E-state index in [2.05, 4.69) is 32.0 Å². The quantitative estimate of drug-likeness (QED) is 0.170. The summed E-state index contributed by atoms with van der Waals surface area (Å²) in [6, 6.07) is 5.11. The van der Waals surface area contributed by atoms with E-state index < -0.39 is 6.00 Å². The molecule has 1 aliphatic rings. The first-order chi connectivity index (χ1) is 13.4. The predicted octanol–water partition coefficient (Wildman–Crippen LogP) is 9.23. The van der Waals surface area contributed by atoms with Crippen LogP contribution in [-0.4, -0.2) is 12.6 Å². The summed E-state index contributed by atoms with van der Waals surface area (Å²) < 4.78 is 6.21. The maximum absolute atomic E-state index is 6.21. The maximum atomic E-state index is 6.21. The molecular formula is C23H37Cl3OSi. The monoisotopic (exact) mass is 462 g/mol. The lowest BCUT2D eigenvalue weighted by molar-refractivity contribution is 0.307. The van der Waals surface area contributed by atoms with Gasteiger partial charge in [0.05, 0.1) is 6.61 Å². The third-order valence-electron chi connectivity index (χ3n) is 5.96. The molecule has 0 N–H and O–H groups in total. The average molecular weight is 464 g/mol. The van der Waals surface area contributed by atoms with Crippen LogP contribution in [-0.2, 0) is 0 Å². The standard InChI is InChI=1S/C23H37Cl3OSi/c1-3-5-11-19(10-4-2)21-14-15-23(27-16-9-17-28(24,25)26)22(18-21)20-12-7-6-8-13-20/h14-15,18-20H,3-13,16-17H2,1-2H3. The van der Waals surface area contributed by atoms with Gasteiger partial charge in [-0.25, -0.2) is 0 Å². The maximum Gasteiger partial charge on any atom is 0.341 e. The Bertz CT molecular complexity index is 567. The van der Waals surface area contributed by atoms with E-state index in [-0.39, 0.29) is 0 Å². The molecule has 1 atom stereocenters. The lowest BCUT2D eigenvalue weighted by Crippen LogP contribution is -2.12. The highest BCUT2D eigenvalue weighted by Gasteiger charge is 2.25. The summed E-state index contributed by atoms with van der Waals surface area (Å²) in [5.74, 6) is 2.38. The number of hydrogen-bond donors (Lipinski definition) is 0. The van der Waals surface area contributed by atoms with Gasteiger partial charge in [0.25, 0.3) is 0 Å². The van der Waals surface area contributed by atoms with Crippen LogP contribution in [0.5, 0.6) is 5.75 Å². The van der Waals surface area contributed by atoms with Crippen LogP contribution in [0.3, 0.4) is 0 Å². The van der Waals surface area contributed by atoms with Crippen LogP contribution in [0, 0.1) is 0 Å². The van der Waals surface area contributed by atoms with Crippen molar-refractivity contribution in [2.75, 3.05) is 6.61 Å². The van der Waals surface area contributed by atoms with Gasteiger partial charge in [0.1, 0.15) is 5.75 Å². The third kappa shape index (κ3) is 8.46. The Balaban J connectivity index is 2.16. The Morgan fingerprint density at radius 1 is 1.00 bits per heavy atom. The van der Waals surface area contributed by atoms with Crippen molar-refractivity contribution >= 4 is 39.2 Å². The van der Waals surface area contributed by atoms with Crippen molar-refractivity contribution in [2.24, 2.45) is 0 Å². The van der Waals surface area contributed by atoms with Gasteiger partial charge in [0, 0.05) is 0 Å². The van der Waals surface area contributed by atoms with Crippen LogP contribution in [0.1, 0.15) is 107 Å². The molecule has 0 aromatic heterocycles. The topological polar surface area (TPSA) is 9.23 Å². The number of ether oxygens (including phenoxy) is 1. The first-order valence-electron chi connectivity index (χ1n) is 11.3. The zero-order valence-corrected chi connectivity index (χ0v) is 20.9. The smallest absolute Gasteiger partial charge is 0.341 e. The van der Waals surface area contributed by atoms with Crippen molar-refractivity contribution in [1.29, 1.82) is 0 Å². The summed E-state index contributed by atoms with van der Waals surface area (Å²) in [4.78, 5) is 0. The summed E-state index contributed by atoms with van der Waals surface area (Å²) >= 11 is 18.0. The van der Waals surface area contributed by atoms with Gasteiger partial charge in [-0.1, -0.05) is 64.5 Å². The number of unbranched alkanes of at least 4 members (excludes halogenated alkanes) is 1. The zero-order valence-electron chi connectivity index (χ0n) is 17.6. The number of rotatable bonds is 12. The third-order valence-corrected chi connectivity index (χ3v) is 8.58. The van der Waals surface area contributed by atoms with Crippen molar-refractivity contribution in [3.8, 4) is 5.75 Å². The van der Waals surface area contributed by atoms with Crippen LogP contribution in [0.25, 0.3) is 0 Å². The molecule has 5 heteroatoms. The van der Waals surface area contributed by atoms with Gasteiger partial charge in [0.2, 0.25) is 0 Å². The fraction of sp³-hybridized carbons (Fsp3) is 0.739. The van der Waals surface area contributed by atoms with Crippen molar-refractivity contribution in [3.63, 3.8) is 0 Å². The number of halogens is 3. The number of hydrogen-bond acceptors (Lipinski definition) is 1. The highest BCUT2D eigenvalue weighted by atomic mass is 35.8. The molecule has 2 rings (SSSR count). The molecular weight excluding hydrogens is 427 g/mol. The molecule has 1 aromatic carbocycles. The fourth-order valence-electron chi connectivity index (χ4n) is 4.42. The zero-order chi connectivity index (χ0) is 20.4. The van der Waals surface area contributed by atoms with E-state index in [1.165, 1.54) is 75.3 Å². The van der Waals surface area contributed by atoms with Crippen molar-refractivity contribution in [2.45, 2.75) is 102 Å². The molecule has 28 heavy (non-hydrogen) atoms. The Morgan fingerprint density at radius 2 is 1.75 bits per heavy atom. The van der Waals surface area contributed by atoms with E-state index in [4.69, 9.17) is 38.0 Å². The molecule has 1 fully saturated rings. The van der Waals surface area contributed by atoms with Gasteiger partial charge in [-0.15, -0.1) is 33.2 Å². The van der Waals surface area contributed by atoms with Crippen molar-refractivity contribution in [3.05, 3.63) is 29.3 Å². The summed E-state index contributed by atoms with van der Waals surface area (Å²) in [6.45, 7) is 5.22. The van der Waals surface area contributed by atoms with Crippen LogP contribution in [0.15, 0.2) is 18.2 Å². The van der Waals surface area contributed by atoms with Gasteiger partial charge < -0.3 is 4.74 Å². The first-order valence-corrected chi connectivity index (χ1v) is 16.5. The molecule has 1 nitrogen and oxygen atoms in total. The molecule has 1 saturated carbocycles. The predicted molar refractivity (Wildman–Crippen MR) is 128 cm³/mol. The highest BCUT2D eigenvalue weighted by molar-refractivity contribution is 7.64. The largest absolute Gasteiger partial charge is 0.493 e. The van der Waals surface area contributed by atoms with Gasteiger partial charge in [-0.05, 0) is 67.2 Å². The van der Waals surface area contributed by atoms with Crippen molar-refractivity contribution < 1.29 is 4.74 Å². The van der Waals surface area contributed by atoms with Crippen LogP contribution < -0.4 is 4.74 Å². The Labute approximate surface area is 187 Å². The second-order valence-corrected chi connectivity index (χ2v) is 17.6. The summed E-state index contributed by atoms with van der Waals surface area (Å²) in [7, 11) is 0. The molecule has 0 aliphatic heterocycles. The Kier molecular flexibility index (Phi) is 11.1. The fourth-order valence-corrected chi connectivity index (χ4v) is 6.16. The highest BCUT2D eigenvalue weighted by Crippen LogP contribution is 2.40. The van der Waals surface area contributed by atoms with Gasteiger partial charge >= 0.3 is 6.00 Å². The second kappa shape index (κ2) is 12.7. The molecule has 0 spiro atoms. The number of benzene rings is 1. The molecule has 0 bridgehead atoms. The molecule has 0 radical (unpaired) electrons. The second-order valence-electron chi connectivity index (χ2n) is 8.33. The van der Waals surface area contributed by atoms with E-state index >= 15 is 0 Å². The van der Waals surface area contributed by atoms with E-state index in [0.29, 0.717) is 24.5 Å². The molecule has 1 aromatic rings. The van der Waals surface area contributed by atoms with Crippen molar-refractivity contribution in [1.82, 2.24) is 0 Å². The van der Waals surface area contributed by atoms with Crippen LogP contribution in [0.4, 0.5) is 0 Å². The minimum atomic E-state index is -2.55. The lowest BCUT2D eigenvalue weighted by Gasteiger charge is -2.26. The van der Waals surface area contributed by atoms with E-state index in [1.54, 1.807) is 0 Å². The summed E-state index contributed by atoms with van der Waals surface area (Å²) in [6.07, 6.45) is 13.8. The Hall–Kier alpha value is 0.107.